The third-order valence-corrected chi connectivity index (χ3v) is 4.05. The van der Waals surface area contributed by atoms with Gasteiger partial charge in [0.1, 0.15) is 0 Å². The zero-order valence-electron chi connectivity index (χ0n) is 11.8. The second-order valence-corrected chi connectivity index (χ2v) is 5.28. The SMILES string of the molecule is CCc1ccc(NC(=O)C2CCCC2O)cc1CC. The van der Waals surface area contributed by atoms with E-state index in [0.29, 0.717) is 0 Å². The summed E-state index contributed by atoms with van der Waals surface area (Å²) in [5.41, 5.74) is 3.46. The molecule has 1 aliphatic carbocycles. The van der Waals surface area contributed by atoms with E-state index in [9.17, 15) is 9.90 Å². The van der Waals surface area contributed by atoms with Crippen LogP contribution in [-0.4, -0.2) is 17.1 Å². The van der Waals surface area contributed by atoms with Gasteiger partial charge in [0.15, 0.2) is 0 Å². The molecule has 2 N–H and O–H groups in total. The van der Waals surface area contributed by atoms with Gasteiger partial charge in [0.2, 0.25) is 5.91 Å². The number of aliphatic hydroxyl groups excluding tert-OH is 1. The Hall–Kier alpha value is -1.35. The number of hydrogen-bond donors (Lipinski definition) is 2. The molecule has 0 radical (unpaired) electrons. The number of rotatable bonds is 4. The molecule has 0 aliphatic heterocycles. The van der Waals surface area contributed by atoms with E-state index in [2.05, 4.69) is 31.3 Å². The first-order valence-electron chi connectivity index (χ1n) is 7.26. The van der Waals surface area contributed by atoms with Crippen molar-refractivity contribution in [1.29, 1.82) is 0 Å². The first-order valence-corrected chi connectivity index (χ1v) is 7.26. The molecule has 0 saturated heterocycles. The molecule has 1 saturated carbocycles. The van der Waals surface area contributed by atoms with E-state index in [1.165, 1.54) is 11.1 Å². The van der Waals surface area contributed by atoms with Gasteiger partial charge in [-0.1, -0.05) is 19.9 Å². The molecule has 0 heterocycles. The maximum absolute atomic E-state index is 12.1. The van der Waals surface area contributed by atoms with Gasteiger partial charge in [0.05, 0.1) is 12.0 Å². The molecule has 104 valence electrons. The maximum Gasteiger partial charge on any atom is 0.230 e. The van der Waals surface area contributed by atoms with Crippen LogP contribution in [0.15, 0.2) is 18.2 Å². The Morgan fingerprint density at radius 1 is 1.26 bits per heavy atom. The van der Waals surface area contributed by atoms with Crippen LogP contribution in [0.5, 0.6) is 0 Å². The van der Waals surface area contributed by atoms with E-state index < -0.39 is 6.10 Å². The molecular formula is C16H23NO2. The van der Waals surface area contributed by atoms with Crippen molar-refractivity contribution in [1.82, 2.24) is 0 Å². The van der Waals surface area contributed by atoms with E-state index in [1.54, 1.807) is 0 Å². The number of amides is 1. The van der Waals surface area contributed by atoms with E-state index in [4.69, 9.17) is 0 Å². The first kappa shape index (κ1) is 14.1. The first-order chi connectivity index (χ1) is 9.15. The third kappa shape index (κ3) is 3.16. The number of carbonyl (C=O) groups is 1. The lowest BCUT2D eigenvalue weighted by atomic mass is 10.0. The van der Waals surface area contributed by atoms with Gasteiger partial charge in [-0.3, -0.25) is 4.79 Å². The second-order valence-electron chi connectivity index (χ2n) is 5.28. The summed E-state index contributed by atoms with van der Waals surface area (Å²) in [5.74, 6) is -0.285. The molecular weight excluding hydrogens is 238 g/mol. The molecule has 1 aromatic rings. The largest absolute Gasteiger partial charge is 0.392 e. The topological polar surface area (TPSA) is 49.3 Å². The van der Waals surface area contributed by atoms with Crippen LogP contribution in [-0.2, 0) is 17.6 Å². The fraction of sp³-hybridized carbons (Fsp3) is 0.562. The van der Waals surface area contributed by atoms with E-state index >= 15 is 0 Å². The number of hydrogen-bond acceptors (Lipinski definition) is 2. The summed E-state index contributed by atoms with van der Waals surface area (Å²) in [4.78, 5) is 12.1. The van der Waals surface area contributed by atoms with Gasteiger partial charge < -0.3 is 10.4 Å². The monoisotopic (exact) mass is 261 g/mol. The van der Waals surface area contributed by atoms with Gasteiger partial charge in [0, 0.05) is 5.69 Å². The number of nitrogens with one attached hydrogen (secondary N) is 1. The molecule has 1 aliphatic rings. The molecule has 1 amide bonds. The lowest BCUT2D eigenvalue weighted by Crippen LogP contribution is -2.28. The highest BCUT2D eigenvalue weighted by Crippen LogP contribution is 2.27. The fourth-order valence-electron chi connectivity index (χ4n) is 2.86. The van der Waals surface area contributed by atoms with Crippen LogP contribution in [0.25, 0.3) is 0 Å². The zero-order valence-corrected chi connectivity index (χ0v) is 11.8. The predicted octanol–water partition coefficient (Wildman–Crippen LogP) is 2.91. The minimum absolute atomic E-state index is 0.0451. The molecule has 3 heteroatoms. The van der Waals surface area contributed by atoms with Crippen molar-refractivity contribution in [3.63, 3.8) is 0 Å². The minimum Gasteiger partial charge on any atom is -0.392 e. The Balaban J connectivity index is 2.08. The van der Waals surface area contributed by atoms with Crippen molar-refractivity contribution in [2.75, 3.05) is 5.32 Å². The van der Waals surface area contributed by atoms with Crippen molar-refractivity contribution in [2.45, 2.75) is 52.1 Å². The molecule has 2 unspecified atom stereocenters. The molecule has 0 aromatic heterocycles. The number of anilines is 1. The molecule has 3 nitrogen and oxygen atoms in total. The fourth-order valence-corrected chi connectivity index (χ4v) is 2.86. The van der Waals surface area contributed by atoms with Gasteiger partial charge in [-0.2, -0.15) is 0 Å². The maximum atomic E-state index is 12.1. The van der Waals surface area contributed by atoms with Crippen molar-refractivity contribution < 1.29 is 9.90 Å². The van der Waals surface area contributed by atoms with Gasteiger partial charge in [0.25, 0.3) is 0 Å². The van der Waals surface area contributed by atoms with Gasteiger partial charge in [-0.05, 0) is 55.4 Å². The van der Waals surface area contributed by atoms with Crippen molar-refractivity contribution >= 4 is 11.6 Å². The highest BCUT2D eigenvalue weighted by atomic mass is 16.3. The normalized spacial score (nSPS) is 22.5. The third-order valence-electron chi connectivity index (χ3n) is 4.05. The van der Waals surface area contributed by atoms with Crippen LogP contribution >= 0.6 is 0 Å². The molecule has 1 aromatic carbocycles. The molecule has 2 rings (SSSR count). The average Bonchev–Trinajstić information content (AvgIpc) is 2.85. The Morgan fingerprint density at radius 2 is 2.00 bits per heavy atom. The summed E-state index contributed by atoms with van der Waals surface area (Å²) in [7, 11) is 0. The Labute approximate surface area is 115 Å². The predicted molar refractivity (Wildman–Crippen MR) is 77.2 cm³/mol. The zero-order chi connectivity index (χ0) is 13.8. The average molecular weight is 261 g/mol. The van der Waals surface area contributed by atoms with Crippen LogP contribution in [0.2, 0.25) is 0 Å². The molecule has 0 spiro atoms. The number of aliphatic hydroxyl groups is 1. The van der Waals surface area contributed by atoms with Crippen LogP contribution in [0.1, 0.15) is 44.2 Å². The Bertz CT molecular complexity index is 456. The minimum atomic E-state index is -0.472. The van der Waals surface area contributed by atoms with Crippen LogP contribution in [0.4, 0.5) is 5.69 Å². The molecule has 2 atom stereocenters. The number of aryl methyl sites for hydroxylation is 2. The quantitative estimate of drug-likeness (QED) is 0.875. The highest BCUT2D eigenvalue weighted by Gasteiger charge is 2.31. The van der Waals surface area contributed by atoms with Gasteiger partial charge in [-0.25, -0.2) is 0 Å². The number of carbonyl (C=O) groups excluding carboxylic acids is 1. The highest BCUT2D eigenvalue weighted by molar-refractivity contribution is 5.93. The van der Waals surface area contributed by atoms with Crippen molar-refractivity contribution in [3.8, 4) is 0 Å². The smallest absolute Gasteiger partial charge is 0.230 e. The summed E-state index contributed by atoms with van der Waals surface area (Å²) in [6.45, 7) is 4.27. The summed E-state index contributed by atoms with van der Waals surface area (Å²) < 4.78 is 0. The van der Waals surface area contributed by atoms with Crippen LogP contribution in [0.3, 0.4) is 0 Å². The number of benzene rings is 1. The summed E-state index contributed by atoms with van der Waals surface area (Å²) >= 11 is 0. The summed E-state index contributed by atoms with van der Waals surface area (Å²) in [6, 6.07) is 6.09. The van der Waals surface area contributed by atoms with Crippen molar-refractivity contribution in [2.24, 2.45) is 5.92 Å². The Kier molecular flexibility index (Phi) is 4.59. The van der Waals surface area contributed by atoms with Crippen LogP contribution < -0.4 is 5.32 Å². The lowest BCUT2D eigenvalue weighted by Gasteiger charge is -2.15. The van der Waals surface area contributed by atoms with E-state index in [1.807, 2.05) is 6.07 Å². The molecule has 1 fully saturated rings. The summed E-state index contributed by atoms with van der Waals surface area (Å²) in [5, 5.41) is 12.7. The van der Waals surface area contributed by atoms with Crippen molar-refractivity contribution in [3.05, 3.63) is 29.3 Å². The van der Waals surface area contributed by atoms with Crippen LogP contribution in [0, 0.1) is 5.92 Å². The molecule has 0 bridgehead atoms. The second kappa shape index (κ2) is 6.20. The van der Waals surface area contributed by atoms with Gasteiger partial charge >= 0.3 is 0 Å². The van der Waals surface area contributed by atoms with E-state index in [-0.39, 0.29) is 11.8 Å². The lowest BCUT2D eigenvalue weighted by molar-refractivity contribution is -0.122. The summed E-state index contributed by atoms with van der Waals surface area (Å²) in [6.07, 6.45) is 3.99. The van der Waals surface area contributed by atoms with Gasteiger partial charge in [-0.15, -0.1) is 0 Å². The Morgan fingerprint density at radius 3 is 2.58 bits per heavy atom. The standard InChI is InChI=1S/C16H23NO2/c1-3-11-8-9-13(10-12(11)4-2)17-16(19)14-6-5-7-15(14)18/h8-10,14-15,18H,3-7H2,1-2H3,(H,17,19). The van der Waals surface area contributed by atoms with E-state index in [0.717, 1.165) is 37.8 Å². The molecule has 19 heavy (non-hydrogen) atoms.